The first kappa shape index (κ1) is 13.4. The summed E-state index contributed by atoms with van der Waals surface area (Å²) in [5.74, 6) is 0. The third-order valence-corrected chi connectivity index (χ3v) is 3.38. The van der Waals surface area contributed by atoms with Crippen molar-refractivity contribution in [3.05, 3.63) is 10.1 Å². The van der Waals surface area contributed by atoms with Gasteiger partial charge in [-0.1, -0.05) is 38.5 Å². The lowest BCUT2D eigenvalue weighted by Gasteiger charge is -2.14. The Morgan fingerprint density at radius 3 is 2.00 bits per heavy atom. The van der Waals surface area contributed by atoms with Crippen LogP contribution in [0.15, 0.2) is 0 Å². The molecule has 4 heteroatoms. The highest BCUT2D eigenvalue weighted by molar-refractivity contribution is 4.66. The van der Waals surface area contributed by atoms with E-state index in [4.69, 9.17) is 0 Å². The zero-order chi connectivity index (χ0) is 11.8. The number of rotatable bonds is 1. The molecule has 0 bridgehead atoms. The molecule has 94 valence electrons. The molecular formula is C12H22FNO2. The molecule has 0 spiro atoms. The molecule has 0 heterocycles. The average molecular weight is 231 g/mol. The Hall–Kier alpha value is -0.670. The van der Waals surface area contributed by atoms with Gasteiger partial charge in [-0.15, -0.1) is 0 Å². The van der Waals surface area contributed by atoms with E-state index < -0.39 is 12.2 Å². The van der Waals surface area contributed by atoms with Crippen molar-refractivity contribution in [1.29, 1.82) is 0 Å². The van der Waals surface area contributed by atoms with E-state index in [1.807, 2.05) is 0 Å². The lowest BCUT2D eigenvalue weighted by Crippen LogP contribution is -2.24. The van der Waals surface area contributed by atoms with Crippen molar-refractivity contribution in [3.63, 3.8) is 0 Å². The van der Waals surface area contributed by atoms with Gasteiger partial charge in [0, 0.05) is 17.8 Å². The lowest BCUT2D eigenvalue weighted by molar-refractivity contribution is -0.525. The SMILES string of the molecule is O=[N+]([O-])C1CCCCCCCCCC(F)C1. The average Bonchev–Trinajstić information content (AvgIpc) is 2.22. The van der Waals surface area contributed by atoms with Crippen LogP contribution in [-0.2, 0) is 0 Å². The molecule has 0 aromatic carbocycles. The number of alkyl halides is 1. The number of hydrogen-bond acceptors (Lipinski definition) is 2. The van der Waals surface area contributed by atoms with E-state index in [9.17, 15) is 14.5 Å². The van der Waals surface area contributed by atoms with E-state index >= 15 is 0 Å². The van der Waals surface area contributed by atoms with Crippen molar-refractivity contribution >= 4 is 0 Å². The van der Waals surface area contributed by atoms with Gasteiger partial charge in [0.2, 0.25) is 6.04 Å². The summed E-state index contributed by atoms with van der Waals surface area (Å²) in [4.78, 5) is 10.5. The topological polar surface area (TPSA) is 43.1 Å². The molecule has 2 atom stereocenters. The van der Waals surface area contributed by atoms with E-state index in [-0.39, 0.29) is 11.3 Å². The summed E-state index contributed by atoms with van der Waals surface area (Å²) in [5, 5.41) is 10.8. The Morgan fingerprint density at radius 2 is 1.44 bits per heavy atom. The van der Waals surface area contributed by atoms with Gasteiger partial charge in [0.25, 0.3) is 0 Å². The third-order valence-electron chi connectivity index (χ3n) is 3.38. The summed E-state index contributed by atoms with van der Waals surface area (Å²) in [6.45, 7) is 0. The minimum absolute atomic E-state index is 0.118. The molecule has 3 nitrogen and oxygen atoms in total. The predicted octanol–water partition coefficient (Wildman–Crippen LogP) is 3.88. The first-order chi connectivity index (χ1) is 7.70. The largest absolute Gasteiger partial charge is 0.264 e. The van der Waals surface area contributed by atoms with Crippen LogP contribution in [0.2, 0.25) is 0 Å². The van der Waals surface area contributed by atoms with Crippen LogP contribution in [0.4, 0.5) is 4.39 Å². The minimum Gasteiger partial charge on any atom is -0.264 e. The highest BCUT2D eigenvalue weighted by Crippen LogP contribution is 2.20. The first-order valence-electron chi connectivity index (χ1n) is 6.47. The standard InChI is InChI=1S/C12H22FNO2/c13-11-8-6-4-2-1-3-5-7-9-12(10-11)14(15)16/h11-12H,1-10H2. The first-order valence-corrected chi connectivity index (χ1v) is 6.47. The van der Waals surface area contributed by atoms with Crippen LogP contribution in [0.1, 0.15) is 64.2 Å². The molecule has 1 saturated carbocycles. The van der Waals surface area contributed by atoms with Crippen molar-refractivity contribution < 1.29 is 9.31 Å². The summed E-state index contributed by atoms with van der Waals surface area (Å²) in [5.41, 5.74) is 0. The number of nitro groups is 1. The molecule has 0 aromatic heterocycles. The summed E-state index contributed by atoms with van der Waals surface area (Å²) >= 11 is 0. The van der Waals surface area contributed by atoms with E-state index in [0.29, 0.717) is 12.8 Å². The molecule has 0 aliphatic heterocycles. The molecule has 1 rings (SSSR count). The van der Waals surface area contributed by atoms with Crippen LogP contribution in [0.3, 0.4) is 0 Å². The number of nitrogens with zero attached hydrogens (tertiary/aromatic N) is 1. The molecule has 0 amide bonds. The van der Waals surface area contributed by atoms with Crippen molar-refractivity contribution in [1.82, 2.24) is 0 Å². The van der Waals surface area contributed by atoms with Crippen LogP contribution in [0, 0.1) is 10.1 Å². The summed E-state index contributed by atoms with van der Waals surface area (Å²) < 4.78 is 13.5. The van der Waals surface area contributed by atoms with E-state index in [1.54, 1.807) is 0 Å². The molecule has 1 aliphatic carbocycles. The van der Waals surface area contributed by atoms with Gasteiger partial charge in [0.05, 0.1) is 0 Å². The number of hydrogen-bond donors (Lipinski definition) is 0. The van der Waals surface area contributed by atoms with Gasteiger partial charge in [0.1, 0.15) is 6.17 Å². The second kappa shape index (κ2) is 7.58. The molecule has 0 N–H and O–H groups in total. The maximum atomic E-state index is 13.5. The van der Waals surface area contributed by atoms with Gasteiger partial charge in [-0.05, 0) is 12.8 Å². The van der Waals surface area contributed by atoms with Gasteiger partial charge in [0.15, 0.2) is 0 Å². The van der Waals surface area contributed by atoms with E-state index in [2.05, 4.69) is 0 Å². The third kappa shape index (κ3) is 5.42. The minimum atomic E-state index is -0.977. The maximum Gasteiger partial charge on any atom is 0.215 e. The smallest absolute Gasteiger partial charge is 0.215 e. The van der Waals surface area contributed by atoms with Gasteiger partial charge < -0.3 is 0 Å². The second-order valence-electron chi connectivity index (χ2n) is 4.82. The molecule has 0 aromatic rings. The Bertz CT molecular complexity index is 211. The highest BCUT2D eigenvalue weighted by atomic mass is 19.1. The molecule has 0 saturated heterocycles. The highest BCUT2D eigenvalue weighted by Gasteiger charge is 2.24. The van der Waals surface area contributed by atoms with Crippen molar-refractivity contribution in [3.8, 4) is 0 Å². The molecule has 0 radical (unpaired) electrons. The maximum absolute atomic E-state index is 13.5. The van der Waals surface area contributed by atoms with E-state index in [0.717, 1.165) is 25.7 Å². The Kier molecular flexibility index (Phi) is 6.34. The zero-order valence-electron chi connectivity index (χ0n) is 9.87. The van der Waals surface area contributed by atoms with Crippen molar-refractivity contribution in [2.45, 2.75) is 76.4 Å². The second-order valence-corrected chi connectivity index (χ2v) is 4.82. The Morgan fingerprint density at radius 1 is 0.938 bits per heavy atom. The summed E-state index contributed by atoms with van der Waals surface area (Å²) in [6, 6.07) is -0.658. The number of halogens is 1. The summed E-state index contributed by atoms with van der Waals surface area (Å²) in [6.07, 6.45) is 7.63. The fourth-order valence-corrected chi connectivity index (χ4v) is 2.35. The van der Waals surface area contributed by atoms with E-state index in [1.165, 1.54) is 19.3 Å². The Balaban J connectivity index is 2.41. The molecule has 16 heavy (non-hydrogen) atoms. The van der Waals surface area contributed by atoms with Crippen LogP contribution >= 0.6 is 0 Å². The monoisotopic (exact) mass is 231 g/mol. The van der Waals surface area contributed by atoms with Gasteiger partial charge in [-0.25, -0.2) is 4.39 Å². The van der Waals surface area contributed by atoms with Crippen LogP contribution in [-0.4, -0.2) is 17.1 Å². The van der Waals surface area contributed by atoms with Gasteiger partial charge >= 0.3 is 0 Å². The fourth-order valence-electron chi connectivity index (χ4n) is 2.35. The van der Waals surface area contributed by atoms with Gasteiger partial charge in [-0.3, -0.25) is 10.1 Å². The quantitative estimate of drug-likeness (QED) is 0.507. The molecule has 1 aliphatic rings. The predicted molar refractivity (Wildman–Crippen MR) is 61.8 cm³/mol. The van der Waals surface area contributed by atoms with Gasteiger partial charge in [-0.2, -0.15) is 0 Å². The van der Waals surface area contributed by atoms with Crippen molar-refractivity contribution in [2.75, 3.05) is 0 Å². The fraction of sp³-hybridized carbons (Fsp3) is 1.00. The lowest BCUT2D eigenvalue weighted by atomic mass is 9.97. The van der Waals surface area contributed by atoms with Crippen LogP contribution < -0.4 is 0 Å². The zero-order valence-corrected chi connectivity index (χ0v) is 9.87. The Labute approximate surface area is 96.6 Å². The van der Waals surface area contributed by atoms with Crippen molar-refractivity contribution in [2.24, 2.45) is 0 Å². The molecular weight excluding hydrogens is 209 g/mol. The molecule has 2 unspecified atom stereocenters. The normalized spacial score (nSPS) is 30.1. The van der Waals surface area contributed by atoms with Crippen LogP contribution in [0.25, 0.3) is 0 Å². The van der Waals surface area contributed by atoms with Crippen LogP contribution in [0.5, 0.6) is 0 Å². The molecule has 1 fully saturated rings. The summed E-state index contributed by atoms with van der Waals surface area (Å²) in [7, 11) is 0.